The van der Waals surface area contributed by atoms with Gasteiger partial charge in [-0.15, -0.1) is 0 Å². The molecule has 1 amide bonds. The van der Waals surface area contributed by atoms with Crippen molar-refractivity contribution in [2.24, 2.45) is 0 Å². The number of aliphatic hydroxyl groups excluding tert-OH is 1. The number of benzene rings is 2. The van der Waals surface area contributed by atoms with Gasteiger partial charge in [0.15, 0.2) is 11.6 Å². The van der Waals surface area contributed by atoms with Gasteiger partial charge < -0.3 is 24.8 Å². The first-order valence-corrected chi connectivity index (χ1v) is 9.83. The van der Waals surface area contributed by atoms with Crippen molar-refractivity contribution in [3.8, 4) is 11.5 Å². The Morgan fingerprint density at radius 2 is 2.14 bits per heavy atom. The minimum atomic E-state index is -0.823. The number of halogens is 3. The van der Waals surface area contributed by atoms with Crippen LogP contribution in [0.5, 0.6) is 11.5 Å². The number of anilines is 2. The number of nitrogens with zero attached hydrogens (tertiary/aromatic N) is 1. The summed E-state index contributed by atoms with van der Waals surface area (Å²) in [6.45, 7) is 0.120. The van der Waals surface area contributed by atoms with Crippen molar-refractivity contribution in [1.29, 1.82) is 0 Å². The maximum absolute atomic E-state index is 15.1. The van der Waals surface area contributed by atoms with Gasteiger partial charge in [-0.1, -0.05) is 0 Å². The van der Waals surface area contributed by atoms with Crippen LogP contribution in [0.15, 0.2) is 24.3 Å². The van der Waals surface area contributed by atoms with Crippen LogP contribution in [0, 0.1) is 15.2 Å². The lowest BCUT2D eigenvalue weighted by molar-refractivity contribution is 0.0678. The number of carbonyl (C=O) groups is 1. The topological polar surface area (TPSA) is 71.0 Å². The third kappa shape index (κ3) is 3.37. The Hall–Kier alpha value is -2.14. The van der Waals surface area contributed by atoms with Gasteiger partial charge >= 0.3 is 0 Å². The van der Waals surface area contributed by atoms with E-state index in [0.29, 0.717) is 16.5 Å². The summed E-state index contributed by atoms with van der Waals surface area (Å²) >= 11 is 1.97. The van der Waals surface area contributed by atoms with E-state index in [2.05, 4.69) is 5.32 Å². The number of ether oxygens (including phenoxy) is 2. The van der Waals surface area contributed by atoms with Gasteiger partial charge in [-0.2, -0.15) is 0 Å². The van der Waals surface area contributed by atoms with Gasteiger partial charge in [0.05, 0.1) is 29.6 Å². The summed E-state index contributed by atoms with van der Waals surface area (Å²) in [4.78, 5) is 14.6. The molecule has 1 atom stereocenters. The molecular formula is C19H17F2IN2O4. The van der Waals surface area contributed by atoms with Crippen molar-refractivity contribution in [2.45, 2.75) is 18.9 Å². The van der Waals surface area contributed by atoms with E-state index < -0.39 is 17.5 Å². The van der Waals surface area contributed by atoms with E-state index in [1.165, 1.54) is 23.1 Å². The average molecular weight is 502 g/mol. The molecule has 9 heteroatoms. The summed E-state index contributed by atoms with van der Waals surface area (Å²) in [6.07, 6.45) is 1.42. The molecular weight excluding hydrogens is 485 g/mol. The van der Waals surface area contributed by atoms with Crippen LogP contribution in [0.25, 0.3) is 0 Å². The SMILES string of the molecule is O=C(c1cc2c(c(F)c1Nc1ccc(I)cc1F)OCO2)N1CCC[C@@H]1CO. The van der Waals surface area contributed by atoms with Crippen LogP contribution in [0.4, 0.5) is 20.2 Å². The number of rotatable bonds is 4. The van der Waals surface area contributed by atoms with Crippen LogP contribution in [-0.4, -0.2) is 41.9 Å². The van der Waals surface area contributed by atoms with E-state index in [-0.39, 0.29) is 47.9 Å². The Balaban J connectivity index is 1.79. The fourth-order valence-corrected chi connectivity index (χ4v) is 3.92. The number of hydrogen-bond acceptors (Lipinski definition) is 5. The first-order chi connectivity index (χ1) is 13.5. The van der Waals surface area contributed by atoms with E-state index in [1.54, 1.807) is 6.07 Å². The van der Waals surface area contributed by atoms with Crippen molar-refractivity contribution in [3.63, 3.8) is 0 Å². The zero-order valence-electron chi connectivity index (χ0n) is 14.7. The van der Waals surface area contributed by atoms with E-state index in [4.69, 9.17) is 9.47 Å². The highest BCUT2D eigenvalue weighted by Gasteiger charge is 2.34. The highest BCUT2D eigenvalue weighted by Crippen LogP contribution is 2.42. The molecule has 4 rings (SSSR count). The molecule has 2 aromatic carbocycles. The normalized spacial score (nSPS) is 17.9. The molecule has 1 fully saturated rings. The second-order valence-electron chi connectivity index (χ2n) is 6.57. The molecule has 2 aromatic rings. The highest BCUT2D eigenvalue weighted by atomic mass is 127. The zero-order valence-corrected chi connectivity index (χ0v) is 16.8. The minimum Gasteiger partial charge on any atom is -0.453 e. The van der Waals surface area contributed by atoms with Gasteiger partial charge in [0.2, 0.25) is 12.5 Å². The Kier molecular flexibility index (Phi) is 5.28. The summed E-state index contributed by atoms with van der Waals surface area (Å²) in [5, 5.41) is 12.2. The molecule has 1 saturated heterocycles. The van der Waals surface area contributed by atoms with Crippen molar-refractivity contribution < 1.29 is 28.2 Å². The zero-order chi connectivity index (χ0) is 19.8. The van der Waals surface area contributed by atoms with Crippen molar-refractivity contribution >= 4 is 39.9 Å². The number of hydrogen-bond donors (Lipinski definition) is 2. The first kappa shape index (κ1) is 19.2. The summed E-state index contributed by atoms with van der Waals surface area (Å²) in [7, 11) is 0. The second-order valence-corrected chi connectivity index (χ2v) is 7.82. The lowest BCUT2D eigenvalue weighted by Crippen LogP contribution is -2.38. The molecule has 28 heavy (non-hydrogen) atoms. The molecule has 0 aliphatic carbocycles. The average Bonchev–Trinajstić information content (AvgIpc) is 3.34. The molecule has 148 valence electrons. The Morgan fingerprint density at radius 1 is 1.32 bits per heavy atom. The summed E-state index contributed by atoms with van der Waals surface area (Å²) < 4.78 is 40.6. The van der Waals surface area contributed by atoms with Gasteiger partial charge in [0.25, 0.3) is 5.91 Å². The summed E-state index contributed by atoms with van der Waals surface area (Å²) in [5.41, 5.74) is -0.148. The fraction of sp³-hybridized carbons (Fsp3) is 0.316. The predicted octanol–water partition coefficient (Wildman–Crippen LogP) is 3.64. The van der Waals surface area contributed by atoms with Crippen LogP contribution in [-0.2, 0) is 0 Å². The molecule has 0 radical (unpaired) electrons. The molecule has 2 N–H and O–H groups in total. The van der Waals surface area contributed by atoms with Crippen LogP contribution < -0.4 is 14.8 Å². The molecule has 6 nitrogen and oxygen atoms in total. The van der Waals surface area contributed by atoms with Gasteiger partial charge in [-0.05, 0) is 59.7 Å². The number of amides is 1. The molecule has 2 aliphatic rings. The van der Waals surface area contributed by atoms with Crippen molar-refractivity contribution in [3.05, 3.63) is 45.0 Å². The lowest BCUT2D eigenvalue weighted by Gasteiger charge is -2.25. The number of likely N-dealkylation sites (tertiary alicyclic amines) is 1. The number of nitrogens with one attached hydrogen (secondary N) is 1. The third-order valence-electron chi connectivity index (χ3n) is 4.88. The van der Waals surface area contributed by atoms with Crippen LogP contribution in [0.1, 0.15) is 23.2 Å². The van der Waals surface area contributed by atoms with E-state index in [1.807, 2.05) is 22.6 Å². The van der Waals surface area contributed by atoms with Crippen LogP contribution in [0.3, 0.4) is 0 Å². The molecule has 2 heterocycles. The summed E-state index contributed by atoms with van der Waals surface area (Å²) in [5.74, 6) is -1.85. The van der Waals surface area contributed by atoms with E-state index >= 15 is 4.39 Å². The number of aliphatic hydroxyl groups is 1. The van der Waals surface area contributed by atoms with Crippen LogP contribution >= 0.6 is 22.6 Å². The first-order valence-electron chi connectivity index (χ1n) is 8.75. The minimum absolute atomic E-state index is 0.0000463. The maximum atomic E-state index is 15.1. The lowest BCUT2D eigenvalue weighted by atomic mass is 10.1. The standard InChI is InChI=1S/C19H17F2IN2O4/c20-13-6-10(22)3-4-14(13)23-17-12(7-15-18(16(17)21)28-9-27-15)19(26)24-5-1-2-11(24)8-25/h3-4,6-7,11,23,25H,1-2,5,8-9H2/t11-/m1/s1. The molecule has 0 bridgehead atoms. The smallest absolute Gasteiger partial charge is 0.256 e. The van der Waals surface area contributed by atoms with Crippen LogP contribution in [0.2, 0.25) is 0 Å². The Labute approximate surface area is 173 Å². The van der Waals surface area contributed by atoms with Gasteiger partial charge in [0.1, 0.15) is 5.82 Å². The quantitative estimate of drug-likeness (QED) is 0.626. The van der Waals surface area contributed by atoms with E-state index in [0.717, 1.165) is 6.42 Å². The van der Waals surface area contributed by atoms with Gasteiger partial charge in [0, 0.05) is 10.1 Å². The summed E-state index contributed by atoms with van der Waals surface area (Å²) in [6, 6.07) is 5.51. The van der Waals surface area contributed by atoms with Crippen molar-refractivity contribution in [1.82, 2.24) is 4.90 Å². The predicted molar refractivity (Wildman–Crippen MR) is 106 cm³/mol. The van der Waals surface area contributed by atoms with Gasteiger partial charge in [-0.3, -0.25) is 4.79 Å². The highest BCUT2D eigenvalue weighted by molar-refractivity contribution is 14.1. The number of carbonyl (C=O) groups excluding carboxylic acids is 1. The molecule has 0 aromatic heterocycles. The third-order valence-corrected chi connectivity index (χ3v) is 5.55. The largest absolute Gasteiger partial charge is 0.453 e. The maximum Gasteiger partial charge on any atom is 0.256 e. The fourth-order valence-electron chi connectivity index (χ4n) is 3.47. The Morgan fingerprint density at radius 3 is 2.89 bits per heavy atom. The molecule has 0 spiro atoms. The molecule has 0 unspecified atom stereocenters. The Bertz CT molecular complexity index is 941. The number of fused-ring (bicyclic) bond motifs is 1. The van der Waals surface area contributed by atoms with Gasteiger partial charge in [-0.25, -0.2) is 8.78 Å². The molecule has 2 aliphatic heterocycles. The monoisotopic (exact) mass is 502 g/mol. The molecule has 0 saturated carbocycles. The van der Waals surface area contributed by atoms with E-state index in [9.17, 15) is 14.3 Å². The van der Waals surface area contributed by atoms with Crippen molar-refractivity contribution in [2.75, 3.05) is 25.3 Å². The second kappa shape index (κ2) is 7.70.